The Morgan fingerprint density at radius 3 is 2.65 bits per heavy atom. The molecule has 0 aliphatic heterocycles. The van der Waals surface area contributed by atoms with Crippen LogP contribution in [-0.4, -0.2) is 4.98 Å². The molecule has 0 spiro atoms. The summed E-state index contributed by atoms with van der Waals surface area (Å²) in [5.41, 5.74) is 8.43. The lowest BCUT2D eigenvalue weighted by molar-refractivity contribution is 0.438. The zero-order chi connectivity index (χ0) is 11.7. The van der Waals surface area contributed by atoms with Gasteiger partial charge in [-0.05, 0) is 30.9 Å². The second kappa shape index (κ2) is 4.46. The highest BCUT2D eigenvalue weighted by molar-refractivity contribution is 5.78. The fourth-order valence-corrected chi connectivity index (χ4v) is 2.83. The number of benzene rings is 1. The van der Waals surface area contributed by atoms with Gasteiger partial charge < -0.3 is 5.73 Å². The van der Waals surface area contributed by atoms with Gasteiger partial charge in [0.05, 0.1) is 11.2 Å². The predicted molar refractivity (Wildman–Crippen MR) is 70.6 cm³/mol. The smallest absolute Gasteiger partial charge is 0.0706 e. The summed E-state index contributed by atoms with van der Waals surface area (Å²) >= 11 is 0. The van der Waals surface area contributed by atoms with Crippen LogP contribution >= 0.6 is 0 Å². The second-order valence-electron chi connectivity index (χ2n) is 5.00. The van der Waals surface area contributed by atoms with Gasteiger partial charge in [-0.15, -0.1) is 0 Å². The summed E-state index contributed by atoms with van der Waals surface area (Å²) in [6.45, 7) is 0. The van der Waals surface area contributed by atoms with Crippen molar-refractivity contribution in [1.29, 1.82) is 0 Å². The molecule has 3 rings (SSSR count). The minimum Gasteiger partial charge on any atom is -0.322 e. The van der Waals surface area contributed by atoms with E-state index in [0.717, 1.165) is 11.2 Å². The van der Waals surface area contributed by atoms with E-state index in [0.29, 0.717) is 5.92 Å². The quantitative estimate of drug-likeness (QED) is 0.852. The number of rotatable bonds is 2. The number of aromatic nitrogens is 1. The third-order valence-electron chi connectivity index (χ3n) is 3.87. The summed E-state index contributed by atoms with van der Waals surface area (Å²) in [4.78, 5) is 4.69. The van der Waals surface area contributed by atoms with E-state index in [1.165, 1.54) is 31.1 Å². The monoisotopic (exact) mass is 226 g/mol. The summed E-state index contributed by atoms with van der Waals surface area (Å²) in [5.74, 6) is 0.628. The van der Waals surface area contributed by atoms with Gasteiger partial charge in [-0.2, -0.15) is 0 Å². The van der Waals surface area contributed by atoms with E-state index in [1.54, 1.807) is 0 Å². The number of pyridine rings is 1. The van der Waals surface area contributed by atoms with E-state index >= 15 is 0 Å². The number of fused-ring (bicyclic) bond motifs is 1. The lowest BCUT2D eigenvalue weighted by Crippen LogP contribution is -2.20. The van der Waals surface area contributed by atoms with Gasteiger partial charge >= 0.3 is 0 Å². The van der Waals surface area contributed by atoms with Crippen LogP contribution in [0.4, 0.5) is 0 Å². The number of nitrogens with two attached hydrogens (primary N) is 1. The van der Waals surface area contributed by atoms with Gasteiger partial charge in [-0.3, -0.25) is 4.98 Å². The number of nitrogens with zero attached hydrogens (tertiary/aromatic N) is 1. The first-order valence-electron chi connectivity index (χ1n) is 6.46. The maximum Gasteiger partial charge on any atom is 0.0706 e. The molecule has 1 heterocycles. The highest BCUT2D eigenvalue weighted by Crippen LogP contribution is 2.33. The summed E-state index contributed by atoms with van der Waals surface area (Å²) in [7, 11) is 0. The molecule has 0 bridgehead atoms. The van der Waals surface area contributed by atoms with E-state index in [1.807, 2.05) is 12.1 Å². The Bertz CT molecular complexity index is 515. The van der Waals surface area contributed by atoms with Crippen LogP contribution in [0.5, 0.6) is 0 Å². The molecule has 1 aliphatic carbocycles. The minimum atomic E-state index is 0.113. The summed E-state index contributed by atoms with van der Waals surface area (Å²) in [5, 5.41) is 1.19. The van der Waals surface area contributed by atoms with E-state index in [-0.39, 0.29) is 6.04 Å². The molecule has 1 aromatic heterocycles. The van der Waals surface area contributed by atoms with Crippen molar-refractivity contribution in [1.82, 2.24) is 4.98 Å². The Hall–Kier alpha value is -1.41. The molecule has 1 atom stereocenters. The molecule has 0 radical (unpaired) electrons. The van der Waals surface area contributed by atoms with Gasteiger partial charge in [0, 0.05) is 11.4 Å². The Balaban J connectivity index is 1.94. The number of hydrogen-bond acceptors (Lipinski definition) is 2. The maximum atomic E-state index is 6.33. The summed E-state index contributed by atoms with van der Waals surface area (Å²) in [6, 6.07) is 12.5. The summed E-state index contributed by atoms with van der Waals surface area (Å²) in [6.07, 6.45) is 5.17. The van der Waals surface area contributed by atoms with Crippen LogP contribution in [0.3, 0.4) is 0 Å². The Morgan fingerprint density at radius 2 is 1.82 bits per heavy atom. The molecular formula is C15H18N2. The SMILES string of the molecule is NC(c1ccc2ccccc2n1)C1CCCC1. The van der Waals surface area contributed by atoms with E-state index in [9.17, 15) is 0 Å². The van der Waals surface area contributed by atoms with Crippen LogP contribution in [-0.2, 0) is 0 Å². The van der Waals surface area contributed by atoms with Crippen LogP contribution < -0.4 is 5.73 Å². The lowest BCUT2D eigenvalue weighted by Gasteiger charge is -2.18. The first-order valence-corrected chi connectivity index (χ1v) is 6.46. The molecule has 2 nitrogen and oxygen atoms in total. The molecule has 0 amide bonds. The zero-order valence-electron chi connectivity index (χ0n) is 9.97. The molecule has 1 fully saturated rings. The molecular weight excluding hydrogens is 208 g/mol. The Labute approximate surface area is 102 Å². The molecule has 2 heteroatoms. The molecule has 17 heavy (non-hydrogen) atoms. The average Bonchev–Trinajstić information content (AvgIpc) is 2.91. The minimum absolute atomic E-state index is 0.113. The third-order valence-corrected chi connectivity index (χ3v) is 3.87. The van der Waals surface area contributed by atoms with Crippen LogP contribution in [0.2, 0.25) is 0 Å². The van der Waals surface area contributed by atoms with Gasteiger partial charge in [0.1, 0.15) is 0 Å². The van der Waals surface area contributed by atoms with Crippen molar-refractivity contribution in [3.63, 3.8) is 0 Å². The molecule has 2 aromatic rings. The lowest BCUT2D eigenvalue weighted by atomic mass is 9.95. The standard InChI is InChI=1S/C15H18N2/c16-15(12-6-1-2-7-12)14-10-9-11-5-3-4-8-13(11)17-14/h3-5,8-10,12,15H,1-2,6-7,16H2. The van der Waals surface area contributed by atoms with E-state index < -0.39 is 0 Å². The highest BCUT2D eigenvalue weighted by atomic mass is 14.8. The molecule has 0 saturated heterocycles. The van der Waals surface area contributed by atoms with Crippen molar-refractivity contribution in [3.05, 3.63) is 42.1 Å². The van der Waals surface area contributed by atoms with Gasteiger partial charge in [0.15, 0.2) is 0 Å². The zero-order valence-corrected chi connectivity index (χ0v) is 9.97. The fourth-order valence-electron chi connectivity index (χ4n) is 2.83. The van der Waals surface area contributed by atoms with Crippen LogP contribution in [0.15, 0.2) is 36.4 Å². The topological polar surface area (TPSA) is 38.9 Å². The van der Waals surface area contributed by atoms with Crippen molar-refractivity contribution in [2.45, 2.75) is 31.7 Å². The molecule has 88 valence electrons. The number of hydrogen-bond donors (Lipinski definition) is 1. The van der Waals surface area contributed by atoms with Gasteiger partial charge in [-0.1, -0.05) is 37.1 Å². The Kier molecular flexibility index (Phi) is 2.81. The highest BCUT2D eigenvalue weighted by Gasteiger charge is 2.24. The van der Waals surface area contributed by atoms with E-state index in [2.05, 4.69) is 24.3 Å². The first-order chi connectivity index (χ1) is 8.34. The molecule has 1 aromatic carbocycles. The third kappa shape index (κ3) is 2.05. The van der Waals surface area contributed by atoms with Crippen LogP contribution in [0, 0.1) is 5.92 Å². The van der Waals surface area contributed by atoms with Crippen molar-refractivity contribution >= 4 is 10.9 Å². The molecule has 1 unspecified atom stereocenters. The second-order valence-corrected chi connectivity index (χ2v) is 5.00. The van der Waals surface area contributed by atoms with Crippen LogP contribution in [0.25, 0.3) is 10.9 Å². The molecule has 2 N–H and O–H groups in total. The summed E-state index contributed by atoms with van der Waals surface area (Å²) < 4.78 is 0. The van der Waals surface area contributed by atoms with Crippen LogP contribution in [0.1, 0.15) is 37.4 Å². The fraction of sp³-hybridized carbons (Fsp3) is 0.400. The van der Waals surface area contributed by atoms with Crippen molar-refractivity contribution in [2.75, 3.05) is 0 Å². The molecule has 1 saturated carbocycles. The van der Waals surface area contributed by atoms with Crippen molar-refractivity contribution in [2.24, 2.45) is 11.7 Å². The predicted octanol–water partition coefficient (Wildman–Crippen LogP) is 3.42. The number of para-hydroxylation sites is 1. The van der Waals surface area contributed by atoms with Crippen molar-refractivity contribution in [3.8, 4) is 0 Å². The van der Waals surface area contributed by atoms with Gasteiger partial charge in [0.2, 0.25) is 0 Å². The Morgan fingerprint density at radius 1 is 1.06 bits per heavy atom. The first kappa shape index (κ1) is 10.7. The maximum absolute atomic E-state index is 6.33. The molecule has 1 aliphatic rings. The van der Waals surface area contributed by atoms with Gasteiger partial charge in [-0.25, -0.2) is 0 Å². The van der Waals surface area contributed by atoms with Crippen molar-refractivity contribution < 1.29 is 0 Å². The van der Waals surface area contributed by atoms with Gasteiger partial charge in [0.25, 0.3) is 0 Å². The normalized spacial score (nSPS) is 18.6. The van der Waals surface area contributed by atoms with E-state index in [4.69, 9.17) is 10.7 Å². The largest absolute Gasteiger partial charge is 0.322 e. The average molecular weight is 226 g/mol.